The maximum absolute atomic E-state index is 12.7. The molecule has 0 bridgehead atoms. The SMILES string of the molecule is [B]c1nc(C(=O)NC(=C/C)/C(=C\C=C)N2CCN(C(=O)OC(C)(C)C)[C@@H](COC)C2)cs1. The number of amides is 2. The zero-order valence-corrected chi connectivity index (χ0v) is 20.2. The van der Waals surface area contributed by atoms with Crippen LogP contribution in [-0.4, -0.2) is 79.6 Å². The van der Waals surface area contributed by atoms with E-state index in [-0.39, 0.29) is 23.7 Å². The number of aromatic nitrogens is 1. The van der Waals surface area contributed by atoms with Gasteiger partial charge in [0.1, 0.15) is 11.3 Å². The molecule has 1 saturated heterocycles. The molecule has 1 aliphatic heterocycles. The molecular formula is C22H31BN4O4S. The van der Waals surface area contributed by atoms with Gasteiger partial charge in [-0.15, -0.1) is 11.3 Å². The first-order chi connectivity index (χ1) is 15.1. The molecule has 0 aromatic carbocycles. The summed E-state index contributed by atoms with van der Waals surface area (Å²) in [7, 11) is 7.25. The molecule has 1 aromatic rings. The highest BCUT2D eigenvalue weighted by Gasteiger charge is 2.34. The number of carbonyl (C=O) groups excluding carboxylic acids is 2. The lowest BCUT2D eigenvalue weighted by atomic mass is 10.1. The third kappa shape index (κ3) is 6.96. The van der Waals surface area contributed by atoms with Crippen LogP contribution in [0.2, 0.25) is 0 Å². The van der Waals surface area contributed by atoms with Gasteiger partial charge in [-0.25, -0.2) is 9.78 Å². The highest BCUT2D eigenvalue weighted by Crippen LogP contribution is 2.22. The predicted octanol–water partition coefficient (Wildman–Crippen LogP) is 2.21. The largest absolute Gasteiger partial charge is 0.444 e. The first kappa shape index (κ1) is 25.7. The molecular weight excluding hydrogens is 427 g/mol. The van der Waals surface area contributed by atoms with Crippen molar-refractivity contribution >= 4 is 36.1 Å². The standard InChI is InChI=1S/C22H31BN4O4S/c1-7-9-18(16(8-2)24-19(28)17-14-32-20(23)25-17)26-10-11-27(15(12-26)13-30-6)21(29)31-22(3,4)5/h7-9,14-15H,1,10-13H2,2-6H3,(H,24,28)/b16-8+,18-9+/t15-/m1/s1. The Hall–Kier alpha value is -2.59. The Morgan fingerprint density at radius 2 is 2.12 bits per heavy atom. The van der Waals surface area contributed by atoms with Gasteiger partial charge >= 0.3 is 6.09 Å². The van der Waals surface area contributed by atoms with Gasteiger partial charge in [-0.1, -0.05) is 18.7 Å². The van der Waals surface area contributed by atoms with Gasteiger partial charge in [0.25, 0.3) is 5.91 Å². The lowest BCUT2D eigenvalue weighted by molar-refractivity contribution is -0.0115. The number of nitrogens with one attached hydrogen (secondary N) is 1. The molecule has 10 heteroatoms. The molecule has 2 amide bonds. The molecule has 2 radical (unpaired) electrons. The van der Waals surface area contributed by atoms with Crippen LogP contribution < -0.4 is 10.2 Å². The second-order valence-corrected chi connectivity index (χ2v) is 9.13. The van der Waals surface area contributed by atoms with Crippen LogP contribution in [0, 0.1) is 0 Å². The van der Waals surface area contributed by atoms with Crippen molar-refractivity contribution in [1.29, 1.82) is 0 Å². The zero-order valence-electron chi connectivity index (χ0n) is 19.4. The average molecular weight is 458 g/mol. The summed E-state index contributed by atoms with van der Waals surface area (Å²) in [6.45, 7) is 13.0. The normalized spacial score (nSPS) is 17.8. The number of rotatable bonds is 7. The van der Waals surface area contributed by atoms with Crippen LogP contribution in [0.4, 0.5) is 4.79 Å². The molecule has 0 saturated carbocycles. The predicted molar refractivity (Wildman–Crippen MR) is 127 cm³/mol. The number of carbonyl (C=O) groups is 2. The van der Waals surface area contributed by atoms with E-state index in [9.17, 15) is 9.59 Å². The van der Waals surface area contributed by atoms with E-state index in [0.29, 0.717) is 36.8 Å². The summed E-state index contributed by atoms with van der Waals surface area (Å²) in [6.07, 6.45) is 4.94. The van der Waals surface area contributed by atoms with Gasteiger partial charge in [0.05, 0.1) is 24.0 Å². The van der Waals surface area contributed by atoms with Crippen LogP contribution in [0.5, 0.6) is 0 Å². The first-order valence-corrected chi connectivity index (χ1v) is 11.2. The summed E-state index contributed by atoms with van der Waals surface area (Å²) in [4.78, 5) is 33.5. The fraction of sp³-hybridized carbons (Fsp3) is 0.500. The van der Waals surface area contributed by atoms with Crippen LogP contribution >= 0.6 is 11.3 Å². The summed E-state index contributed by atoms with van der Waals surface area (Å²) >= 11 is 1.21. The van der Waals surface area contributed by atoms with Gasteiger partial charge in [-0.3, -0.25) is 9.69 Å². The molecule has 32 heavy (non-hydrogen) atoms. The van der Waals surface area contributed by atoms with Crippen LogP contribution in [0.15, 0.2) is 41.6 Å². The van der Waals surface area contributed by atoms with E-state index in [1.165, 1.54) is 11.3 Å². The van der Waals surface area contributed by atoms with Crippen LogP contribution in [0.1, 0.15) is 38.2 Å². The van der Waals surface area contributed by atoms with Crippen molar-refractivity contribution in [2.24, 2.45) is 0 Å². The molecule has 0 aliphatic carbocycles. The van der Waals surface area contributed by atoms with Crippen molar-refractivity contribution in [1.82, 2.24) is 20.1 Å². The molecule has 0 unspecified atom stereocenters. The second-order valence-electron chi connectivity index (χ2n) is 8.24. The van der Waals surface area contributed by atoms with Gasteiger partial charge in [0, 0.05) is 37.0 Å². The number of methoxy groups -OCH3 is 1. The minimum atomic E-state index is -0.582. The van der Waals surface area contributed by atoms with Gasteiger partial charge in [0.15, 0.2) is 7.85 Å². The van der Waals surface area contributed by atoms with E-state index in [2.05, 4.69) is 21.8 Å². The molecule has 1 atom stereocenters. The molecule has 1 fully saturated rings. The fourth-order valence-electron chi connectivity index (χ4n) is 3.31. The van der Waals surface area contributed by atoms with Crippen molar-refractivity contribution in [3.8, 4) is 0 Å². The van der Waals surface area contributed by atoms with Crippen LogP contribution in [-0.2, 0) is 9.47 Å². The number of ether oxygens (including phenoxy) is 2. The number of piperazine rings is 1. The Morgan fingerprint density at radius 3 is 2.66 bits per heavy atom. The van der Waals surface area contributed by atoms with E-state index in [4.69, 9.17) is 17.3 Å². The topological polar surface area (TPSA) is 84.0 Å². The Kier molecular flexibility index (Phi) is 9.09. The second kappa shape index (κ2) is 11.3. The smallest absolute Gasteiger partial charge is 0.410 e. The lowest BCUT2D eigenvalue weighted by Crippen LogP contribution is -2.57. The molecule has 0 spiro atoms. The molecule has 2 rings (SSSR count). The molecule has 1 N–H and O–H groups in total. The number of hydrogen-bond donors (Lipinski definition) is 1. The van der Waals surface area contributed by atoms with Gasteiger partial charge in [-0.2, -0.15) is 0 Å². The number of thiazole rings is 1. The summed E-state index contributed by atoms with van der Waals surface area (Å²) in [5.41, 5.74) is 1.07. The fourth-order valence-corrected chi connectivity index (χ4v) is 3.85. The van der Waals surface area contributed by atoms with Gasteiger partial charge in [0.2, 0.25) is 0 Å². The summed E-state index contributed by atoms with van der Waals surface area (Å²) < 4.78 is 10.9. The van der Waals surface area contributed by atoms with Crippen LogP contribution in [0.25, 0.3) is 0 Å². The third-order valence-corrected chi connectivity index (χ3v) is 5.33. The van der Waals surface area contributed by atoms with Crippen molar-refractivity contribution in [2.75, 3.05) is 33.4 Å². The lowest BCUT2D eigenvalue weighted by Gasteiger charge is -2.43. The molecule has 172 valence electrons. The zero-order chi connectivity index (χ0) is 23.9. The number of hydrogen-bond acceptors (Lipinski definition) is 7. The molecule has 2 heterocycles. The van der Waals surface area contributed by atoms with E-state index >= 15 is 0 Å². The monoisotopic (exact) mass is 458 g/mol. The number of allylic oxidation sites excluding steroid dienone is 3. The average Bonchev–Trinajstić information content (AvgIpc) is 3.16. The quantitative estimate of drug-likeness (QED) is 0.498. The Morgan fingerprint density at radius 1 is 1.41 bits per heavy atom. The van der Waals surface area contributed by atoms with Gasteiger partial charge in [-0.05, 0) is 33.8 Å². The van der Waals surface area contributed by atoms with Crippen molar-refractivity contribution in [3.05, 3.63) is 47.3 Å². The number of nitrogens with zero attached hydrogens (tertiary/aromatic N) is 3. The minimum absolute atomic E-state index is 0.219. The summed E-state index contributed by atoms with van der Waals surface area (Å²) in [6, 6.07) is -0.219. The van der Waals surface area contributed by atoms with E-state index in [1.807, 2.05) is 39.8 Å². The first-order valence-electron chi connectivity index (χ1n) is 10.3. The highest BCUT2D eigenvalue weighted by atomic mass is 32.1. The van der Waals surface area contributed by atoms with Crippen LogP contribution in [0.3, 0.4) is 0 Å². The molecule has 1 aliphatic rings. The van der Waals surface area contributed by atoms with Gasteiger partial charge < -0.3 is 19.7 Å². The molecule has 8 nitrogen and oxygen atoms in total. The van der Waals surface area contributed by atoms with E-state index in [1.54, 1.807) is 23.5 Å². The summed E-state index contributed by atoms with van der Waals surface area (Å²) in [5.74, 6) is -0.346. The summed E-state index contributed by atoms with van der Waals surface area (Å²) in [5, 5.41) is 4.52. The Bertz CT molecular complexity index is 891. The molecule has 1 aromatic heterocycles. The van der Waals surface area contributed by atoms with E-state index in [0.717, 1.165) is 5.70 Å². The Labute approximate surface area is 195 Å². The minimum Gasteiger partial charge on any atom is -0.444 e. The van der Waals surface area contributed by atoms with E-state index < -0.39 is 5.60 Å². The maximum Gasteiger partial charge on any atom is 0.410 e. The van der Waals surface area contributed by atoms with Crippen molar-refractivity contribution in [2.45, 2.75) is 39.3 Å². The van der Waals surface area contributed by atoms with Crippen molar-refractivity contribution < 1.29 is 19.1 Å². The van der Waals surface area contributed by atoms with Crippen molar-refractivity contribution in [3.63, 3.8) is 0 Å². The highest BCUT2D eigenvalue weighted by molar-refractivity contribution is 7.17. The third-order valence-electron chi connectivity index (χ3n) is 4.65. The Balaban J connectivity index is 2.20. The maximum atomic E-state index is 12.7.